The van der Waals surface area contributed by atoms with E-state index in [4.69, 9.17) is 24.2 Å². The summed E-state index contributed by atoms with van der Waals surface area (Å²) in [6, 6.07) is 13.3. The topological polar surface area (TPSA) is 129 Å². The molecule has 0 spiro atoms. The summed E-state index contributed by atoms with van der Waals surface area (Å²) in [7, 11) is 0. The average Bonchev–Trinajstić information content (AvgIpc) is 3.82. The fraction of sp³-hybridized carbons (Fsp3) is 0.214. The summed E-state index contributed by atoms with van der Waals surface area (Å²) in [5.41, 5.74) is 5.71. The van der Waals surface area contributed by atoms with Crippen LogP contribution in [0.5, 0.6) is 0 Å². The first-order chi connectivity index (χ1) is 19.3. The normalized spacial score (nSPS) is 16.2. The van der Waals surface area contributed by atoms with E-state index in [-0.39, 0.29) is 0 Å². The predicted molar refractivity (Wildman–Crippen MR) is 144 cm³/mol. The van der Waals surface area contributed by atoms with Crippen LogP contribution in [0.4, 0.5) is 0 Å². The van der Waals surface area contributed by atoms with Crippen molar-refractivity contribution < 1.29 is 14.2 Å². The van der Waals surface area contributed by atoms with Crippen LogP contribution < -0.4 is 0 Å². The summed E-state index contributed by atoms with van der Waals surface area (Å²) in [5, 5.41) is 0. The zero-order valence-corrected chi connectivity index (χ0v) is 20.8. The van der Waals surface area contributed by atoms with Crippen LogP contribution in [0.25, 0.3) is 34.3 Å². The lowest BCUT2D eigenvalue weighted by molar-refractivity contribution is 0.348. The first kappa shape index (κ1) is 23.1. The fourth-order valence-corrected chi connectivity index (χ4v) is 4.35. The van der Waals surface area contributed by atoms with Crippen molar-refractivity contribution in [1.29, 1.82) is 0 Å². The van der Waals surface area contributed by atoms with Gasteiger partial charge in [-0.25, -0.2) is 24.9 Å². The third-order valence-corrected chi connectivity index (χ3v) is 6.27. The number of hydrogen-bond acceptors (Lipinski definition) is 11. The maximum atomic E-state index is 5.56. The van der Waals surface area contributed by atoms with E-state index in [0.29, 0.717) is 91.4 Å². The molecule has 0 amide bonds. The molecule has 0 radical (unpaired) electrons. The van der Waals surface area contributed by atoms with E-state index in [1.807, 2.05) is 42.5 Å². The van der Waals surface area contributed by atoms with Crippen molar-refractivity contribution in [1.82, 2.24) is 24.9 Å². The van der Waals surface area contributed by atoms with Gasteiger partial charge in [0.2, 0.25) is 17.7 Å². The van der Waals surface area contributed by atoms with Gasteiger partial charge in [0.1, 0.15) is 25.5 Å². The van der Waals surface area contributed by atoms with Crippen LogP contribution in [0.3, 0.4) is 0 Å². The quantitative estimate of drug-likeness (QED) is 0.381. The maximum absolute atomic E-state index is 5.56. The van der Waals surface area contributed by atoms with Gasteiger partial charge < -0.3 is 14.2 Å². The van der Waals surface area contributed by atoms with Crippen molar-refractivity contribution in [3.05, 3.63) is 77.7 Å². The summed E-state index contributed by atoms with van der Waals surface area (Å²) in [6.07, 6.45) is 5.21. The molecule has 7 rings (SSSR count). The van der Waals surface area contributed by atoms with Crippen LogP contribution in [0, 0.1) is 0 Å². The molecule has 0 atom stereocenters. The molecular weight excluding hydrogens is 496 g/mol. The summed E-state index contributed by atoms with van der Waals surface area (Å²) in [6.45, 7) is 3.74. The molecule has 192 valence electrons. The molecule has 3 aliphatic heterocycles. The van der Waals surface area contributed by atoms with Crippen LogP contribution in [-0.4, -0.2) is 82.1 Å². The lowest BCUT2D eigenvalue weighted by atomic mass is 10.1. The van der Waals surface area contributed by atoms with Gasteiger partial charge in [0.25, 0.3) is 0 Å². The number of nitrogens with zero attached hydrogens (tertiary/aromatic N) is 8. The van der Waals surface area contributed by atoms with Crippen molar-refractivity contribution in [3.63, 3.8) is 0 Å². The van der Waals surface area contributed by atoms with Crippen molar-refractivity contribution in [2.24, 2.45) is 15.0 Å². The van der Waals surface area contributed by atoms with E-state index in [1.54, 1.807) is 18.6 Å². The molecule has 0 fully saturated rings. The number of ether oxygens (including phenoxy) is 3. The standard InChI is InChI=1S/C28H22N8O3/c1-4-20(32-14-17(1)26-29-7-10-37-26)23-13-24(21-5-2-18(15-33-21)27-30-8-11-38-27)36-25(35-23)22-6-3-19(16-34-22)28-31-9-12-39-28/h1-6,13-16H,7-12H2. The van der Waals surface area contributed by atoms with E-state index < -0.39 is 0 Å². The molecule has 11 nitrogen and oxygen atoms in total. The van der Waals surface area contributed by atoms with Gasteiger partial charge in [-0.05, 0) is 42.5 Å². The third kappa shape index (κ3) is 4.70. The highest BCUT2D eigenvalue weighted by Gasteiger charge is 2.17. The monoisotopic (exact) mass is 518 g/mol. The molecule has 4 aromatic heterocycles. The summed E-state index contributed by atoms with van der Waals surface area (Å²) >= 11 is 0. The summed E-state index contributed by atoms with van der Waals surface area (Å²) in [5.74, 6) is 2.27. The van der Waals surface area contributed by atoms with Crippen LogP contribution in [0.15, 0.2) is 76.0 Å². The lowest BCUT2D eigenvalue weighted by Crippen LogP contribution is -2.04. The second kappa shape index (κ2) is 10.0. The Labute approximate surface area is 223 Å². The van der Waals surface area contributed by atoms with Gasteiger partial charge in [-0.2, -0.15) is 0 Å². The molecule has 0 N–H and O–H groups in total. The Morgan fingerprint density at radius 1 is 0.462 bits per heavy atom. The Bertz CT molecular complexity index is 1410. The largest absolute Gasteiger partial charge is 0.475 e. The predicted octanol–water partition coefficient (Wildman–Crippen LogP) is 2.99. The minimum atomic E-state index is 0.451. The number of pyridine rings is 3. The van der Waals surface area contributed by atoms with E-state index >= 15 is 0 Å². The van der Waals surface area contributed by atoms with Gasteiger partial charge in [-0.1, -0.05) is 0 Å². The highest BCUT2D eigenvalue weighted by Crippen LogP contribution is 2.26. The van der Waals surface area contributed by atoms with E-state index in [2.05, 4.69) is 29.9 Å². The minimum absolute atomic E-state index is 0.451. The van der Waals surface area contributed by atoms with Gasteiger partial charge >= 0.3 is 0 Å². The Morgan fingerprint density at radius 2 is 0.872 bits per heavy atom. The number of rotatable bonds is 6. The van der Waals surface area contributed by atoms with Crippen LogP contribution in [-0.2, 0) is 14.2 Å². The molecule has 11 heteroatoms. The Balaban J connectivity index is 1.27. The summed E-state index contributed by atoms with van der Waals surface area (Å²) in [4.78, 5) is 36.6. The van der Waals surface area contributed by atoms with Crippen molar-refractivity contribution in [2.75, 3.05) is 39.5 Å². The Kier molecular flexibility index (Phi) is 5.93. The third-order valence-electron chi connectivity index (χ3n) is 6.27. The van der Waals surface area contributed by atoms with Crippen LogP contribution in [0.1, 0.15) is 16.7 Å². The van der Waals surface area contributed by atoms with E-state index in [9.17, 15) is 0 Å². The highest BCUT2D eigenvalue weighted by molar-refractivity contribution is 5.96. The molecule has 0 aliphatic carbocycles. The van der Waals surface area contributed by atoms with Crippen molar-refractivity contribution >= 4 is 17.7 Å². The molecule has 3 aliphatic rings. The SMILES string of the molecule is c1cc(-c2cc(-c3ccc(C4=NCCO4)cn3)nc(-c3ccc(C4=NCCO4)cn3)n2)ncc1C1=NCCO1. The molecular formula is C28H22N8O3. The van der Waals surface area contributed by atoms with Crippen LogP contribution >= 0.6 is 0 Å². The van der Waals surface area contributed by atoms with E-state index in [0.717, 1.165) is 16.7 Å². The van der Waals surface area contributed by atoms with Crippen molar-refractivity contribution in [2.45, 2.75) is 0 Å². The average molecular weight is 519 g/mol. The Hall–Kier alpha value is -5.06. The Morgan fingerprint density at radius 3 is 1.21 bits per heavy atom. The number of hydrogen-bond donors (Lipinski definition) is 0. The molecule has 4 aromatic rings. The van der Waals surface area contributed by atoms with Gasteiger partial charge in [0.05, 0.1) is 59.1 Å². The molecule has 0 bridgehead atoms. The van der Waals surface area contributed by atoms with E-state index in [1.165, 1.54) is 0 Å². The first-order valence-corrected chi connectivity index (χ1v) is 12.6. The van der Waals surface area contributed by atoms with Gasteiger partial charge in [0, 0.05) is 18.6 Å². The molecule has 0 unspecified atom stereocenters. The molecule has 0 aromatic carbocycles. The van der Waals surface area contributed by atoms with Gasteiger partial charge in [-0.15, -0.1) is 0 Å². The zero-order chi connectivity index (χ0) is 26.0. The highest BCUT2D eigenvalue weighted by atomic mass is 16.5. The zero-order valence-electron chi connectivity index (χ0n) is 20.8. The minimum Gasteiger partial charge on any atom is -0.475 e. The molecule has 0 saturated carbocycles. The van der Waals surface area contributed by atoms with Gasteiger partial charge in [-0.3, -0.25) is 15.0 Å². The lowest BCUT2D eigenvalue weighted by Gasteiger charge is -2.09. The van der Waals surface area contributed by atoms with Gasteiger partial charge in [0.15, 0.2) is 5.82 Å². The first-order valence-electron chi connectivity index (χ1n) is 12.6. The van der Waals surface area contributed by atoms with Crippen molar-refractivity contribution in [3.8, 4) is 34.3 Å². The molecule has 7 heterocycles. The summed E-state index contributed by atoms with van der Waals surface area (Å²) < 4.78 is 16.7. The number of aliphatic imine (C=N–C) groups is 3. The number of aromatic nitrogens is 5. The maximum Gasteiger partial charge on any atom is 0.217 e. The molecule has 39 heavy (non-hydrogen) atoms. The molecule has 0 saturated heterocycles. The van der Waals surface area contributed by atoms with Crippen LogP contribution in [0.2, 0.25) is 0 Å². The smallest absolute Gasteiger partial charge is 0.217 e. The fourth-order valence-electron chi connectivity index (χ4n) is 4.35. The second-order valence-electron chi connectivity index (χ2n) is 8.86. The second-order valence-corrected chi connectivity index (χ2v) is 8.86.